The van der Waals surface area contributed by atoms with Crippen LogP contribution in [0, 0.1) is 0 Å². The number of hydrogen-bond donors (Lipinski definition) is 1. The van der Waals surface area contributed by atoms with Gasteiger partial charge in [0.05, 0.1) is 6.10 Å². The number of rotatable bonds is 3. The van der Waals surface area contributed by atoms with E-state index in [1.165, 1.54) is 28.8 Å². The Morgan fingerprint density at radius 3 is 3.11 bits per heavy atom. The second-order valence-electron chi connectivity index (χ2n) is 5.20. The molecule has 0 aliphatic heterocycles. The third kappa shape index (κ3) is 2.93. The maximum Gasteiger partial charge on any atom is 0.0649 e. The van der Waals surface area contributed by atoms with E-state index in [1.807, 2.05) is 23.5 Å². The summed E-state index contributed by atoms with van der Waals surface area (Å²) in [5.41, 5.74) is 2.59. The molecule has 0 saturated carbocycles. The Hall–Kier alpha value is -0.640. The average Bonchev–Trinajstić information content (AvgIpc) is 2.86. The standard InChI is InChI=1S/C16H17BrOS/c17-12-4-1-3-11(9-12)10-15(18)13-5-2-6-16-14(13)7-8-19-16/h1,3-4,7-9,13,15,18H,2,5-6,10H2. The molecule has 2 atom stereocenters. The van der Waals surface area contributed by atoms with E-state index in [1.54, 1.807) is 0 Å². The van der Waals surface area contributed by atoms with Crippen LogP contribution in [0.25, 0.3) is 0 Å². The topological polar surface area (TPSA) is 20.2 Å². The number of aliphatic hydroxyl groups is 1. The van der Waals surface area contributed by atoms with Crippen LogP contribution in [0.15, 0.2) is 40.2 Å². The van der Waals surface area contributed by atoms with E-state index in [4.69, 9.17) is 0 Å². The van der Waals surface area contributed by atoms with Crippen molar-refractivity contribution in [3.63, 3.8) is 0 Å². The summed E-state index contributed by atoms with van der Waals surface area (Å²) in [7, 11) is 0. The van der Waals surface area contributed by atoms with E-state index < -0.39 is 0 Å². The Balaban J connectivity index is 1.77. The summed E-state index contributed by atoms with van der Waals surface area (Å²) in [4.78, 5) is 1.48. The van der Waals surface area contributed by atoms with Crippen LogP contribution in [0.5, 0.6) is 0 Å². The fraction of sp³-hybridized carbons (Fsp3) is 0.375. The monoisotopic (exact) mass is 336 g/mol. The molecule has 2 aromatic rings. The molecule has 19 heavy (non-hydrogen) atoms. The van der Waals surface area contributed by atoms with Crippen LogP contribution < -0.4 is 0 Å². The van der Waals surface area contributed by atoms with E-state index in [0.29, 0.717) is 5.92 Å². The molecule has 1 aliphatic rings. The molecule has 0 fully saturated rings. The lowest BCUT2D eigenvalue weighted by molar-refractivity contribution is 0.135. The molecule has 3 heteroatoms. The highest BCUT2D eigenvalue weighted by Gasteiger charge is 2.27. The molecule has 100 valence electrons. The Morgan fingerprint density at radius 2 is 2.26 bits per heavy atom. The van der Waals surface area contributed by atoms with Gasteiger partial charge in [-0.05, 0) is 60.4 Å². The zero-order chi connectivity index (χ0) is 13.2. The van der Waals surface area contributed by atoms with Crippen LogP contribution in [0.3, 0.4) is 0 Å². The number of halogens is 1. The molecule has 1 aromatic heterocycles. The Morgan fingerprint density at radius 1 is 1.37 bits per heavy atom. The average molecular weight is 337 g/mol. The first-order chi connectivity index (χ1) is 9.24. The number of benzene rings is 1. The third-order valence-corrected chi connectivity index (χ3v) is 5.39. The largest absolute Gasteiger partial charge is 0.392 e. The zero-order valence-corrected chi connectivity index (χ0v) is 13.1. The van der Waals surface area contributed by atoms with E-state index in [0.717, 1.165) is 17.3 Å². The normalized spacial score (nSPS) is 20.0. The number of hydrogen-bond acceptors (Lipinski definition) is 2. The fourth-order valence-corrected chi connectivity index (χ4v) is 4.41. The van der Waals surface area contributed by atoms with Gasteiger partial charge in [-0.1, -0.05) is 28.1 Å². The summed E-state index contributed by atoms with van der Waals surface area (Å²) in [6.45, 7) is 0. The van der Waals surface area contributed by atoms with Gasteiger partial charge < -0.3 is 5.11 Å². The third-order valence-electron chi connectivity index (χ3n) is 3.90. The first-order valence-electron chi connectivity index (χ1n) is 6.73. The van der Waals surface area contributed by atoms with Crippen LogP contribution in [-0.2, 0) is 12.8 Å². The molecule has 0 radical (unpaired) electrons. The summed E-state index contributed by atoms with van der Waals surface area (Å²) < 4.78 is 1.08. The van der Waals surface area contributed by atoms with Crippen LogP contribution in [0.1, 0.15) is 34.8 Å². The van der Waals surface area contributed by atoms with Gasteiger partial charge in [0.1, 0.15) is 0 Å². The lowest BCUT2D eigenvalue weighted by Gasteiger charge is -2.27. The van der Waals surface area contributed by atoms with E-state index in [9.17, 15) is 5.11 Å². The Labute approximate surface area is 126 Å². The van der Waals surface area contributed by atoms with Crippen LogP contribution >= 0.6 is 27.3 Å². The van der Waals surface area contributed by atoms with E-state index in [-0.39, 0.29) is 6.10 Å². The second-order valence-corrected chi connectivity index (χ2v) is 7.12. The van der Waals surface area contributed by atoms with E-state index in [2.05, 4.69) is 39.5 Å². The quantitative estimate of drug-likeness (QED) is 0.872. The van der Waals surface area contributed by atoms with Crippen molar-refractivity contribution >= 4 is 27.3 Å². The number of aliphatic hydroxyl groups excluding tert-OH is 1. The molecule has 1 heterocycles. The van der Waals surface area contributed by atoms with Crippen molar-refractivity contribution in [1.29, 1.82) is 0 Å². The van der Waals surface area contributed by atoms with Crippen LogP contribution in [0.4, 0.5) is 0 Å². The SMILES string of the molecule is OC(Cc1cccc(Br)c1)C1CCCc2sccc21. The fourth-order valence-electron chi connectivity index (χ4n) is 2.97. The number of thiophene rings is 1. The van der Waals surface area contributed by atoms with Crippen molar-refractivity contribution in [2.24, 2.45) is 0 Å². The second kappa shape index (κ2) is 5.78. The smallest absolute Gasteiger partial charge is 0.0649 e. The summed E-state index contributed by atoms with van der Waals surface area (Å²) in [6.07, 6.45) is 3.96. The first kappa shape index (κ1) is 13.3. The van der Waals surface area contributed by atoms with Gasteiger partial charge in [0.25, 0.3) is 0 Å². The molecule has 0 spiro atoms. The van der Waals surface area contributed by atoms with Crippen molar-refractivity contribution in [3.8, 4) is 0 Å². The van der Waals surface area contributed by atoms with Gasteiger partial charge in [-0.3, -0.25) is 0 Å². The summed E-state index contributed by atoms with van der Waals surface area (Å²) >= 11 is 5.32. The number of fused-ring (bicyclic) bond motifs is 1. The first-order valence-corrected chi connectivity index (χ1v) is 8.40. The van der Waals surface area contributed by atoms with Crippen molar-refractivity contribution in [3.05, 3.63) is 56.2 Å². The van der Waals surface area contributed by atoms with Crippen molar-refractivity contribution < 1.29 is 5.11 Å². The van der Waals surface area contributed by atoms with E-state index >= 15 is 0 Å². The minimum atomic E-state index is -0.275. The highest BCUT2D eigenvalue weighted by molar-refractivity contribution is 9.10. The zero-order valence-electron chi connectivity index (χ0n) is 10.7. The number of aryl methyl sites for hydroxylation is 1. The molecular formula is C16H17BrOS. The predicted octanol–water partition coefficient (Wildman–Crippen LogP) is 4.53. The van der Waals surface area contributed by atoms with Gasteiger partial charge in [0, 0.05) is 15.3 Å². The molecule has 3 rings (SSSR count). The lowest BCUT2D eigenvalue weighted by Crippen LogP contribution is -2.24. The van der Waals surface area contributed by atoms with Crippen LogP contribution in [0.2, 0.25) is 0 Å². The molecule has 1 nitrogen and oxygen atoms in total. The summed E-state index contributed by atoms with van der Waals surface area (Å²) in [5.74, 6) is 0.314. The predicted molar refractivity (Wildman–Crippen MR) is 83.9 cm³/mol. The molecule has 1 aliphatic carbocycles. The lowest BCUT2D eigenvalue weighted by atomic mass is 9.82. The summed E-state index contributed by atoms with van der Waals surface area (Å²) in [5, 5.41) is 12.7. The highest BCUT2D eigenvalue weighted by Crippen LogP contribution is 2.37. The maximum absolute atomic E-state index is 10.6. The van der Waals surface area contributed by atoms with Crippen molar-refractivity contribution in [2.75, 3.05) is 0 Å². The minimum absolute atomic E-state index is 0.275. The van der Waals surface area contributed by atoms with Crippen molar-refractivity contribution in [1.82, 2.24) is 0 Å². The molecule has 0 amide bonds. The van der Waals surface area contributed by atoms with Gasteiger partial charge in [-0.2, -0.15) is 0 Å². The molecule has 0 saturated heterocycles. The maximum atomic E-state index is 10.6. The van der Waals surface area contributed by atoms with Gasteiger partial charge in [0.2, 0.25) is 0 Å². The molecular weight excluding hydrogens is 320 g/mol. The Bertz CT molecular complexity index is 563. The van der Waals surface area contributed by atoms with Crippen molar-refractivity contribution in [2.45, 2.75) is 37.7 Å². The molecule has 1 N–H and O–H groups in total. The highest BCUT2D eigenvalue weighted by atomic mass is 79.9. The van der Waals surface area contributed by atoms with Gasteiger partial charge >= 0.3 is 0 Å². The molecule has 1 aromatic carbocycles. The van der Waals surface area contributed by atoms with Gasteiger partial charge in [-0.15, -0.1) is 11.3 Å². The molecule has 0 bridgehead atoms. The van der Waals surface area contributed by atoms with Gasteiger partial charge in [-0.25, -0.2) is 0 Å². The summed E-state index contributed by atoms with van der Waals surface area (Å²) in [6, 6.07) is 10.4. The van der Waals surface area contributed by atoms with Crippen LogP contribution in [-0.4, -0.2) is 11.2 Å². The Kier molecular flexibility index (Phi) is 4.06. The molecule has 2 unspecified atom stereocenters. The van der Waals surface area contributed by atoms with Gasteiger partial charge in [0.15, 0.2) is 0 Å². The minimum Gasteiger partial charge on any atom is -0.392 e.